The zero-order valence-electron chi connectivity index (χ0n) is 16.9. The van der Waals surface area contributed by atoms with Crippen molar-refractivity contribution in [3.05, 3.63) is 53.6 Å². The Morgan fingerprint density at radius 1 is 1.17 bits per heavy atom. The smallest absolute Gasteiger partial charge is 0.236 e. The van der Waals surface area contributed by atoms with Crippen LogP contribution in [0.2, 0.25) is 5.02 Å². The molecule has 4 rings (SSSR count). The maximum atomic E-state index is 12.3. The van der Waals surface area contributed by atoms with Gasteiger partial charge in [-0.2, -0.15) is 0 Å². The van der Waals surface area contributed by atoms with Crippen LogP contribution in [0.25, 0.3) is 22.2 Å². The lowest BCUT2D eigenvalue weighted by Gasteiger charge is -2.33. The van der Waals surface area contributed by atoms with Crippen molar-refractivity contribution >= 4 is 34.1 Å². The number of fused-ring (bicyclic) bond motifs is 1. The molecule has 1 amide bonds. The number of carbonyl (C=O) groups is 1. The first-order chi connectivity index (χ1) is 14.0. The number of likely N-dealkylation sites (tertiary alicyclic amines) is 1. The largest absolute Gasteiger partial charge is 0.380 e. The maximum absolute atomic E-state index is 12.3. The third-order valence-corrected chi connectivity index (χ3v) is 5.65. The summed E-state index contributed by atoms with van der Waals surface area (Å²) >= 11 is 6.40. The molecule has 2 heterocycles. The van der Waals surface area contributed by atoms with Gasteiger partial charge < -0.3 is 20.1 Å². The molecule has 1 aliphatic rings. The van der Waals surface area contributed by atoms with Gasteiger partial charge in [0.2, 0.25) is 5.91 Å². The Balaban J connectivity index is 1.50. The minimum Gasteiger partial charge on any atom is -0.380 e. The van der Waals surface area contributed by atoms with E-state index in [4.69, 9.17) is 11.6 Å². The van der Waals surface area contributed by atoms with Crippen molar-refractivity contribution in [1.29, 1.82) is 0 Å². The number of hydrogen-bond donors (Lipinski definition) is 2. The number of amides is 1. The number of benzene rings is 2. The first kappa shape index (κ1) is 19.8. The lowest BCUT2D eigenvalue weighted by molar-refractivity contribution is -0.132. The Kier molecular flexibility index (Phi) is 5.79. The van der Waals surface area contributed by atoms with E-state index in [2.05, 4.69) is 28.5 Å². The highest BCUT2D eigenvalue weighted by Gasteiger charge is 2.23. The van der Waals surface area contributed by atoms with Crippen LogP contribution in [0.3, 0.4) is 0 Å². The van der Waals surface area contributed by atoms with Gasteiger partial charge in [-0.3, -0.25) is 4.79 Å². The Hall–Kier alpha value is -2.50. The van der Waals surface area contributed by atoms with Crippen LogP contribution in [0, 0.1) is 0 Å². The lowest BCUT2D eigenvalue weighted by atomic mass is 10.0. The highest BCUT2D eigenvalue weighted by Crippen LogP contribution is 2.33. The van der Waals surface area contributed by atoms with Crippen molar-refractivity contribution in [2.24, 2.45) is 0 Å². The molecule has 0 radical (unpaired) electrons. The summed E-state index contributed by atoms with van der Waals surface area (Å²) in [5.41, 5.74) is 4.32. The van der Waals surface area contributed by atoms with E-state index in [-0.39, 0.29) is 5.91 Å². The number of piperidine rings is 1. The zero-order valence-corrected chi connectivity index (χ0v) is 17.7. The van der Waals surface area contributed by atoms with Gasteiger partial charge in [0.1, 0.15) is 0 Å². The fraction of sp³-hybridized carbons (Fsp3) is 0.348. The number of rotatable bonds is 5. The van der Waals surface area contributed by atoms with Crippen molar-refractivity contribution in [2.45, 2.75) is 18.9 Å². The van der Waals surface area contributed by atoms with Gasteiger partial charge in [0.25, 0.3) is 0 Å². The van der Waals surface area contributed by atoms with E-state index in [1.54, 1.807) is 0 Å². The van der Waals surface area contributed by atoms with E-state index in [1.807, 2.05) is 54.2 Å². The van der Waals surface area contributed by atoms with Crippen molar-refractivity contribution in [3.63, 3.8) is 0 Å². The van der Waals surface area contributed by atoms with Gasteiger partial charge in [0.05, 0.1) is 17.7 Å². The Labute approximate surface area is 176 Å². The third-order valence-electron chi connectivity index (χ3n) is 5.44. The summed E-state index contributed by atoms with van der Waals surface area (Å²) in [5.74, 6) is 0.204. The second-order valence-electron chi connectivity index (χ2n) is 8.00. The van der Waals surface area contributed by atoms with Crippen LogP contribution in [0.4, 0.5) is 5.69 Å². The quantitative estimate of drug-likeness (QED) is 0.653. The van der Waals surface area contributed by atoms with Crippen LogP contribution < -0.4 is 5.32 Å². The average molecular weight is 411 g/mol. The first-order valence-corrected chi connectivity index (χ1v) is 10.4. The molecule has 0 aliphatic carbocycles. The van der Waals surface area contributed by atoms with Gasteiger partial charge in [0, 0.05) is 35.2 Å². The zero-order chi connectivity index (χ0) is 20.4. The fourth-order valence-electron chi connectivity index (χ4n) is 3.96. The fourth-order valence-corrected chi connectivity index (χ4v) is 4.18. The molecule has 0 bridgehead atoms. The van der Waals surface area contributed by atoms with E-state index in [0.717, 1.165) is 58.8 Å². The monoisotopic (exact) mass is 410 g/mol. The predicted molar refractivity (Wildman–Crippen MR) is 121 cm³/mol. The number of H-pyrrole nitrogens is 1. The molecule has 152 valence electrons. The number of hydrogen-bond acceptors (Lipinski definition) is 3. The summed E-state index contributed by atoms with van der Waals surface area (Å²) in [4.78, 5) is 19.7. The molecule has 6 heteroatoms. The second-order valence-corrected chi connectivity index (χ2v) is 8.44. The number of nitrogens with zero attached hydrogens (tertiary/aromatic N) is 2. The highest BCUT2D eigenvalue weighted by molar-refractivity contribution is 6.32. The van der Waals surface area contributed by atoms with Crippen LogP contribution in [0.5, 0.6) is 0 Å². The molecule has 1 fully saturated rings. The van der Waals surface area contributed by atoms with Crippen LogP contribution in [-0.2, 0) is 4.79 Å². The van der Waals surface area contributed by atoms with Crippen molar-refractivity contribution in [1.82, 2.24) is 14.8 Å². The molecule has 0 unspecified atom stereocenters. The lowest BCUT2D eigenvalue weighted by Crippen LogP contribution is -2.45. The summed E-state index contributed by atoms with van der Waals surface area (Å²) in [7, 11) is 3.85. The molecule has 0 spiro atoms. The first-order valence-electron chi connectivity index (χ1n) is 10.1. The van der Waals surface area contributed by atoms with Gasteiger partial charge in [-0.15, -0.1) is 0 Å². The number of anilines is 1. The Morgan fingerprint density at radius 3 is 2.59 bits per heavy atom. The van der Waals surface area contributed by atoms with Crippen molar-refractivity contribution < 1.29 is 4.79 Å². The molecule has 1 aliphatic heterocycles. The number of carbonyl (C=O) groups excluding carboxylic acids is 1. The Bertz CT molecular complexity index is 991. The topological polar surface area (TPSA) is 51.4 Å². The Morgan fingerprint density at radius 2 is 1.90 bits per heavy atom. The highest BCUT2D eigenvalue weighted by atomic mass is 35.5. The van der Waals surface area contributed by atoms with E-state index in [9.17, 15) is 4.79 Å². The molecule has 5 nitrogen and oxygen atoms in total. The van der Waals surface area contributed by atoms with Gasteiger partial charge >= 0.3 is 0 Å². The van der Waals surface area contributed by atoms with E-state index < -0.39 is 0 Å². The van der Waals surface area contributed by atoms with Crippen molar-refractivity contribution in [2.75, 3.05) is 39.0 Å². The van der Waals surface area contributed by atoms with Gasteiger partial charge in [-0.1, -0.05) is 41.9 Å². The number of aromatic nitrogens is 1. The number of halogens is 1. The normalized spacial score (nSPS) is 15.2. The molecular formula is C23H27ClN4O. The minimum atomic E-state index is 0.204. The average Bonchev–Trinajstić information content (AvgIpc) is 3.13. The summed E-state index contributed by atoms with van der Waals surface area (Å²) in [6, 6.07) is 16.7. The molecule has 3 aromatic rings. The summed E-state index contributed by atoms with van der Waals surface area (Å²) < 4.78 is 0. The molecule has 1 saturated heterocycles. The predicted octanol–water partition coefficient (Wildman–Crippen LogP) is 4.45. The van der Waals surface area contributed by atoms with E-state index >= 15 is 0 Å². The molecule has 1 aromatic heterocycles. The van der Waals surface area contributed by atoms with Gasteiger partial charge in [0.15, 0.2) is 0 Å². The number of aromatic amines is 1. The van der Waals surface area contributed by atoms with Gasteiger partial charge in [-0.05, 0) is 50.7 Å². The van der Waals surface area contributed by atoms with Gasteiger partial charge in [-0.25, -0.2) is 0 Å². The van der Waals surface area contributed by atoms with E-state index in [1.165, 1.54) is 0 Å². The molecule has 2 aromatic carbocycles. The minimum absolute atomic E-state index is 0.204. The van der Waals surface area contributed by atoms with E-state index in [0.29, 0.717) is 12.6 Å². The summed E-state index contributed by atoms with van der Waals surface area (Å²) in [6.45, 7) is 2.04. The van der Waals surface area contributed by atoms with Crippen LogP contribution in [0.15, 0.2) is 48.5 Å². The van der Waals surface area contributed by atoms with Crippen molar-refractivity contribution in [3.8, 4) is 11.3 Å². The molecule has 0 atom stereocenters. The third kappa shape index (κ3) is 4.57. The summed E-state index contributed by atoms with van der Waals surface area (Å²) in [5, 5.41) is 5.48. The SMILES string of the molecule is CN(C)CC(=O)N1CCC(Nc2cc(Cl)cc3cc(-c4ccccc4)[nH]c23)CC1. The molecule has 0 saturated carbocycles. The van der Waals surface area contributed by atoms with Crippen LogP contribution in [-0.4, -0.2) is 60.5 Å². The number of nitrogens with one attached hydrogen (secondary N) is 2. The maximum Gasteiger partial charge on any atom is 0.236 e. The summed E-state index contributed by atoms with van der Waals surface area (Å²) in [6.07, 6.45) is 1.86. The van der Waals surface area contributed by atoms with Crippen LogP contribution in [0.1, 0.15) is 12.8 Å². The molecule has 2 N–H and O–H groups in total. The molecular weight excluding hydrogens is 384 g/mol. The molecule has 29 heavy (non-hydrogen) atoms. The second kappa shape index (κ2) is 8.47. The number of likely N-dealkylation sites (N-methyl/N-ethyl adjacent to an activating group) is 1. The standard InChI is InChI=1S/C23H27ClN4O/c1-27(2)15-22(29)28-10-8-19(9-11-28)25-21-14-18(24)12-17-13-20(26-23(17)21)16-6-4-3-5-7-16/h3-7,12-14,19,25-26H,8-11,15H2,1-2H3. The van der Waals surface area contributed by atoms with Crippen LogP contribution >= 0.6 is 11.6 Å².